The normalized spacial score (nSPS) is 18.7. The highest BCUT2D eigenvalue weighted by Gasteiger charge is 2.52. The fourth-order valence-corrected chi connectivity index (χ4v) is 5.11. The standard InChI is InChI=1S/C17H18ClFN4S2/c1-10-6-11(19)7-12(20)14(10)15(24)23-5-4-22(9-17(23)2-3-17)16-21-8-13(18)25-16/h6-8H,2-5,9,20H2,1H3. The van der Waals surface area contributed by atoms with Gasteiger partial charge in [-0.25, -0.2) is 9.37 Å². The number of nitrogens with zero attached hydrogens (tertiary/aromatic N) is 3. The second kappa shape index (κ2) is 6.07. The summed E-state index contributed by atoms with van der Waals surface area (Å²) >= 11 is 13.3. The largest absolute Gasteiger partial charge is 0.398 e. The van der Waals surface area contributed by atoms with Gasteiger partial charge in [-0.2, -0.15) is 0 Å². The summed E-state index contributed by atoms with van der Waals surface area (Å²) in [6.07, 6.45) is 3.87. The molecule has 4 rings (SSSR count). The quantitative estimate of drug-likeness (QED) is 0.617. The molecule has 0 atom stereocenters. The fraction of sp³-hybridized carbons (Fsp3) is 0.412. The smallest absolute Gasteiger partial charge is 0.186 e. The molecule has 0 amide bonds. The van der Waals surface area contributed by atoms with Crippen LogP contribution in [-0.4, -0.2) is 40.0 Å². The van der Waals surface area contributed by atoms with Crippen LogP contribution in [0.15, 0.2) is 18.3 Å². The summed E-state index contributed by atoms with van der Waals surface area (Å²) in [5, 5.41) is 0.958. The number of piperazine rings is 1. The third kappa shape index (κ3) is 2.98. The van der Waals surface area contributed by atoms with Crippen molar-refractivity contribution in [1.82, 2.24) is 9.88 Å². The van der Waals surface area contributed by atoms with E-state index in [-0.39, 0.29) is 11.4 Å². The average molecular weight is 397 g/mol. The minimum atomic E-state index is -0.326. The van der Waals surface area contributed by atoms with Crippen LogP contribution in [-0.2, 0) is 0 Å². The molecule has 8 heteroatoms. The van der Waals surface area contributed by atoms with Crippen molar-refractivity contribution in [2.75, 3.05) is 30.3 Å². The van der Waals surface area contributed by atoms with Crippen LogP contribution in [0.25, 0.3) is 0 Å². The number of thiocarbonyl (C=S) groups is 1. The highest BCUT2D eigenvalue weighted by molar-refractivity contribution is 7.80. The van der Waals surface area contributed by atoms with Gasteiger partial charge in [-0.05, 0) is 37.5 Å². The molecule has 0 bridgehead atoms. The van der Waals surface area contributed by atoms with E-state index in [1.54, 1.807) is 6.20 Å². The molecule has 2 aromatic rings. The van der Waals surface area contributed by atoms with E-state index in [1.165, 1.54) is 23.5 Å². The number of nitrogens with two attached hydrogens (primary N) is 1. The maximum atomic E-state index is 13.6. The zero-order chi connectivity index (χ0) is 17.8. The first-order valence-electron chi connectivity index (χ1n) is 8.13. The number of anilines is 2. The number of benzene rings is 1. The van der Waals surface area contributed by atoms with E-state index in [4.69, 9.17) is 29.6 Å². The molecule has 25 heavy (non-hydrogen) atoms. The van der Waals surface area contributed by atoms with Crippen molar-refractivity contribution in [3.05, 3.63) is 39.6 Å². The SMILES string of the molecule is Cc1cc(F)cc(N)c1C(=S)N1CCN(c2ncc(Cl)s2)CC12CC2. The zero-order valence-corrected chi connectivity index (χ0v) is 16.1. The molecule has 0 unspecified atom stereocenters. The Labute approximate surface area is 160 Å². The van der Waals surface area contributed by atoms with Crippen molar-refractivity contribution in [2.24, 2.45) is 0 Å². The summed E-state index contributed by atoms with van der Waals surface area (Å²) in [4.78, 5) is 9.69. The number of aromatic nitrogens is 1. The maximum Gasteiger partial charge on any atom is 0.186 e. The number of nitrogen functional groups attached to an aromatic ring is 1. The molecule has 1 spiro atoms. The molecule has 2 heterocycles. The lowest BCUT2D eigenvalue weighted by Crippen LogP contribution is -2.57. The summed E-state index contributed by atoms with van der Waals surface area (Å²) in [6.45, 7) is 4.35. The Balaban J connectivity index is 1.59. The summed E-state index contributed by atoms with van der Waals surface area (Å²) in [7, 11) is 0. The molecule has 0 radical (unpaired) electrons. The molecule has 2 aliphatic rings. The van der Waals surface area contributed by atoms with Gasteiger partial charge in [0.25, 0.3) is 0 Å². The number of thiazole rings is 1. The lowest BCUT2D eigenvalue weighted by molar-refractivity contribution is 0.265. The van der Waals surface area contributed by atoms with Gasteiger partial charge < -0.3 is 15.5 Å². The van der Waals surface area contributed by atoms with Crippen LogP contribution in [0.2, 0.25) is 4.34 Å². The van der Waals surface area contributed by atoms with E-state index < -0.39 is 0 Å². The van der Waals surface area contributed by atoms with Gasteiger partial charge in [-0.15, -0.1) is 0 Å². The van der Waals surface area contributed by atoms with Crippen LogP contribution in [0.1, 0.15) is 24.0 Å². The monoisotopic (exact) mass is 396 g/mol. The molecule has 2 N–H and O–H groups in total. The minimum absolute atomic E-state index is 0.0285. The van der Waals surface area contributed by atoms with Crippen molar-refractivity contribution >= 4 is 51.0 Å². The van der Waals surface area contributed by atoms with E-state index in [0.29, 0.717) is 10.0 Å². The molecule has 1 saturated heterocycles. The van der Waals surface area contributed by atoms with Crippen molar-refractivity contribution in [1.29, 1.82) is 0 Å². The second-order valence-electron chi connectivity index (χ2n) is 6.74. The molecule has 1 aromatic heterocycles. The predicted octanol–water partition coefficient (Wildman–Crippen LogP) is 3.86. The van der Waals surface area contributed by atoms with Crippen molar-refractivity contribution < 1.29 is 4.39 Å². The van der Waals surface area contributed by atoms with E-state index in [0.717, 1.165) is 53.7 Å². The third-order valence-electron chi connectivity index (χ3n) is 5.00. The lowest BCUT2D eigenvalue weighted by Gasteiger charge is -2.44. The van der Waals surface area contributed by atoms with E-state index in [1.807, 2.05) is 6.92 Å². The first-order chi connectivity index (χ1) is 11.9. The van der Waals surface area contributed by atoms with Crippen LogP contribution >= 0.6 is 35.2 Å². The fourth-order valence-electron chi connectivity index (χ4n) is 3.62. The highest BCUT2D eigenvalue weighted by Crippen LogP contribution is 2.47. The first-order valence-corrected chi connectivity index (χ1v) is 9.74. The minimum Gasteiger partial charge on any atom is -0.398 e. The number of hydrogen-bond donors (Lipinski definition) is 1. The second-order valence-corrected chi connectivity index (χ2v) is 8.76. The van der Waals surface area contributed by atoms with Gasteiger partial charge in [-0.1, -0.05) is 35.2 Å². The van der Waals surface area contributed by atoms with Gasteiger partial charge in [0.15, 0.2) is 5.13 Å². The van der Waals surface area contributed by atoms with E-state index in [9.17, 15) is 4.39 Å². The summed E-state index contributed by atoms with van der Waals surface area (Å²) < 4.78 is 14.3. The Morgan fingerprint density at radius 1 is 1.40 bits per heavy atom. The maximum absolute atomic E-state index is 13.6. The molecular formula is C17H18ClFN4S2. The molecule has 1 aromatic carbocycles. The Bertz CT molecular complexity index is 826. The van der Waals surface area contributed by atoms with Gasteiger partial charge in [0.1, 0.15) is 15.1 Å². The summed E-state index contributed by atoms with van der Waals surface area (Å²) in [5.74, 6) is -0.326. The first kappa shape index (κ1) is 17.0. The number of halogens is 2. The molecule has 2 fully saturated rings. The number of hydrogen-bond acceptors (Lipinski definition) is 5. The molecule has 4 nitrogen and oxygen atoms in total. The van der Waals surface area contributed by atoms with Gasteiger partial charge in [0, 0.05) is 30.9 Å². The predicted molar refractivity (Wildman–Crippen MR) is 105 cm³/mol. The van der Waals surface area contributed by atoms with Crippen LogP contribution in [0.4, 0.5) is 15.2 Å². The van der Waals surface area contributed by atoms with E-state index in [2.05, 4.69) is 14.8 Å². The third-order valence-corrected chi connectivity index (χ3v) is 6.60. The Morgan fingerprint density at radius 3 is 2.76 bits per heavy atom. The molecule has 1 aliphatic carbocycles. The molecule has 1 saturated carbocycles. The average Bonchev–Trinajstić information content (AvgIpc) is 3.15. The van der Waals surface area contributed by atoms with Gasteiger partial charge in [-0.3, -0.25) is 0 Å². The van der Waals surface area contributed by atoms with E-state index >= 15 is 0 Å². The van der Waals surface area contributed by atoms with Crippen molar-refractivity contribution in [2.45, 2.75) is 25.3 Å². The molecule has 132 valence electrons. The Hall–Kier alpha value is -1.44. The van der Waals surface area contributed by atoms with Gasteiger partial charge in [0.2, 0.25) is 0 Å². The molecule has 1 aliphatic heterocycles. The van der Waals surface area contributed by atoms with Crippen LogP contribution in [0.3, 0.4) is 0 Å². The zero-order valence-electron chi connectivity index (χ0n) is 13.8. The lowest BCUT2D eigenvalue weighted by atomic mass is 10.0. The van der Waals surface area contributed by atoms with Gasteiger partial charge in [0.05, 0.1) is 11.7 Å². The van der Waals surface area contributed by atoms with Crippen LogP contribution in [0, 0.1) is 12.7 Å². The van der Waals surface area contributed by atoms with Crippen LogP contribution < -0.4 is 10.6 Å². The summed E-state index contributed by atoms with van der Waals surface area (Å²) in [6, 6.07) is 2.84. The Morgan fingerprint density at radius 2 is 2.16 bits per heavy atom. The van der Waals surface area contributed by atoms with Crippen molar-refractivity contribution in [3.8, 4) is 0 Å². The van der Waals surface area contributed by atoms with Gasteiger partial charge >= 0.3 is 0 Å². The summed E-state index contributed by atoms with van der Waals surface area (Å²) in [5.41, 5.74) is 8.08. The van der Waals surface area contributed by atoms with Crippen molar-refractivity contribution in [3.63, 3.8) is 0 Å². The number of rotatable bonds is 2. The van der Waals surface area contributed by atoms with Crippen LogP contribution in [0.5, 0.6) is 0 Å². The molecular weight excluding hydrogens is 379 g/mol. The number of aryl methyl sites for hydroxylation is 1. The topological polar surface area (TPSA) is 45.4 Å². The highest BCUT2D eigenvalue weighted by atomic mass is 35.5. The Kier molecular flexibility index (Phi) is 4.13.